The Bertz CT molecular complexity index is 217. The smallest absolute Gasteiger partial charge is 0.309 e. The SMILES string of the molecule is CCCCCCCCNC(=O)C(=O)NCCC. The lowest BCUT2D eigenvalue weighted by Crippen LogP contribution is -2.40. The van der Waals surface area contributed by atoms with Gasteiger partial charge in [-0.25, -0.2) is 0 Å². The molecule has 0 bridgehead atoms. The van der Waals surface area contributed by atoms with E-state index in [1.165, 1.54) is 25.7 Å². The molecule has 0 saturated heterocycles. The second-order valence-electron chi connectivity index (χ2n) is 4.28. The minimum absolute atomic E-state index is 0.507. The molecule has 0 aromatic heterocycles. The average molecular weight is 242 g/mol. The molecule has 2 N–H and O–H groups in total. The van der Waals surface area contributed by atoms with Crippen LogP contribution in [0.1, 0.15) is 58.8 Å². The monoisotopic (exact) mass is 242 g/mol. The van der Waals surface area contributed by atoms with Crippen LogP contribution in [0, 0.1) is 0 Å². The molecule has 0 aromatic rings. The number of amides is 2. The summed E-state index contributed by atoms with van der Waals surface area (Å²) in [5.41, 5.74) is 0. The van der Waals surface area contributed by atoms with E-state index in [0.717, 1.165) is 19.3 Å². The number of unbranched alkanes of at least 4 members (excludes halogenated alkanes) is 5. The van der Waals surface area contributed by atoms with Crippen molar-refractivity contribution in [2.75, 3.05) is 13.1 Å². The van der Waals surface area contributed by atoms with Gasteiger partial charge in [-0.1, -0.05) is 46.0 Å². The first-order valence-corrected chi connectivity index (χ1v) is 6.78. The summed E-state index contributed by atoms with van der Waals surface area (Å²) in [4.78, 5) is 22.4. The Labute approximate surface area is 105 Å². The van der Waals surface area contributed by atoms with Crippen LogP contribution < -0.4 is 10.6 Å². The highest BCUT2D eigenvalue weighted by atomic mass is 16.2. The number of nitrogens with one attached hydrogen (secondary N) is 2. The highest BCUT2D eigenvalue weighted by molar-refractivity contribution is 6.35. The van der Waals surface area contributed by atoms with E-state index in [1.54, 1.807) is 0 Å². The van der Waals surface area contributed by atoms with E-state index in [1.807, 2.05) is 6.92 Å². The Kier molecular flexibility index (Phi) is 10.7. The van der Waals surface area contributed by atoms with Crippen LogP contribution >= 0.6 is 0 Å². The first-order valence-electron chi connectivity index (χ1n) is 6.78. The summed E-state index contributed by atoms with van der Waals surface area (Å²) in [7, 11) is 0. The lowest BCUT2D eigenvalue weighted by molar-refractivity contribution is -0.139. The maximum Gasteiger partial charge on any atom is 0.309 e. The topological polar surface area (TPSA) is 58.2 Å². The van der Waals surface area contributed by atoms with Crippen molar-refractivity contribution >= 4 is 11.8 Å². The normalized spacial score (nSPS) is 10.0. The fraction of sp³-hybridized carbons (Fsp3) is 0.846. The molecule has 2 amide bonds. The molecule has 0 aromatic carbocycles. The summed E-state index contributed by atoms with van der Waals surface area (Å²) in [6.07, 6.45) is 7.93. The molecule has 0 aliphatic heterocycles. The van der Waals surface area contributed by atoms with Gasteiger partial charge in [-0.2, -0.15) is 0 Å². The first-order chi connectivity index (χ1) is 8.22. The van der Waals surface area contributed by atoms with Gasteiger partial charge in [0, 0.05) is 13.1 Å². The zero-order chi connectivity index (χ0) is 12.9. The lowest BCUT2D eigenvalue weighted by atomic mass is 10.1. The Hall–Kier alpha value is -1.06. The van der Waals surface area contributed by atoms with Crippen molar-refractivity contribution in [1.82, 2.24) is 10.6 Å². The Balaban J connectivity index is 3.35. The van der Waals surface area contributed by atoms with Crippen LogP contribution in [0.3, 0.4) is 0 Å². The van der Waals surface area contributed by atoms with Gasteiger partial charge in [-0.05, 0) is 12.8 Å². The number of rotatable bonds is 9. The molecule has 0 fully saturated rings. The third kappa shape index (κ3) is 9.85. The van der Waals surface area contributed by atoms with Gasteiger partial charge in [0.25, 0.3) is 0 Å². The summed E-state index contributed by atoms with van der Waals surface area (Å²) in [6, 6.07) is 0. The van der Waals surface area contributed by atoms with E-state index >= 15 is 0 Å². The van der Waals surface area contributed by atoms with Crippen LogP contribution in [0.5, 0.6) is 0 Å². The van der Waals surface area contributed by atoms with Gasteiger partial charge in [0.2, 0.25) is 0 Å². The van der Waals surface area contributed by atoms with Crippen LogP contribution in [-0.2, 0) is 9.59 Å². The molecule has 0 rings (SSSR count). The highest BCUT2D eigenvalue weighted by Crippen LogP contribution is 2.03. The summed E-state index contributed by atoms with van der Waals surface area (Å²) in [6.45, 7) is 5.30. The zero-order valence-corrected chi connectivity index (χ0v) is 11.2. The van der Waals surface area contributed by atoms with Crippen LogP contribution in [0.4, 0.5) is 0 Å². The van der Waals surface area contributed by atoms with Gasteiger partial charge in [0.1, 0.15) is 0 Å². The predicted molar refractivity (Wildman–Crippen MR) is 69.7 cm³/mol. The molecule has 17 heavy (non-hydrogen) atoms. The predicted octanol–water partition coefficient (Wildman–Crippen LogP) is 1.99. The van der Waals surface area contributed by atoms with E-state index in [2.05, 4.69) is 17.6 Å². The zero-order valence-electron chi connectivity index (χ0n) is 11.2. The fourth-order valence-electron chi connectivity index (χ4n) is 1.51. The van der Waals surface area contributed by atoms with Crippen LogP contribution in [0.15, 0.2) is 0 Å². The Morgan fingerprint density at radius 3 is 1.82 bits per heavy atom. The van der Waals surface area contributed by atoms with Crippen molar-refractivity contribution in [3.63, 3.8) is 0 Å². The van der Waals surface area contributed by atoms with Crippen molar-refractivity contribution in [3.05, 3.63) is 0 Å². The van der Waals surface area contributed by atoms with Crippen molar-refractivity contribution in [2.24, 2.45) is 0 Å². The van der Waals surface area contributed by atoms with Gasteiger partial charge in [0.15, 0.2) is 0 Å². The minimum atomic E-state index is -0.516. The number of hydrogen-bond donors (Lipinski definition) is 2. The molecule has 0 spiro atoms. The second-order valence-corrected chi connectivity index (χ2v) is 4.28. The van der Waals surface area contributed by atoms with Crippen LogP contribution in [0.2, 0.25) is 0 Å². The summed E-state index contributed by atoms with van der Waals surface area (Å²) >= 11 is 0. The van der Waals surface area contributed by atoms with Crippen LogP contribution in [-0.4, -0.2) is 24.9 Å². The third-order valence-corrected chi connectivity index (χ3v) is 2.56. The highest BCUT2D eigenvalue weighted by Gasteiger charge is 2.10. The molecule has 100 valence electrons. The maximum atomic E-state index is 11.3. The standard InChI is InChI=1S/C13H26N2O2/c1-3-5-6-7-8-9-11-15-13(17)12(16)14-10-4-2/h3-11H2,1-2H3,(H,14,16)(H,15,17). The maximum absolute atomic E-state index is 11.3. The number of carbonyl (C=O) groups is 2. The third-order valence-electron chi connectivity index (χ3n) is 2.56. The second kappa shape index (κ2) is 11.4. The molecule has 0 atom stereocenters. The molecular weight excluding hydrogens is 216 g/mol. The Morgan fingerprint density at radius 2 is 1.24 bits per heavy atom. The van der Waals surface area contributed by atoms with Gasteiger partial charge in [0.05, 0.1) is 0 Å². The van der Waals surface area contributed by atoms with Gasteiger partial charge >= 0.3 is 11.8 Å². The van der Waals surface area contributed by atoms with Crippen molar-refractivity contribution in [2.45, 2.75) is 58.8 Å². The number of carbonyl (C=O) groups excluding carboxylic acids is 2. The van der Waals surface area contributed by atoms with Crippen molar-refractivity contribution in [1.29, 1.82) is 0 Å². The summed E-state index contributed by atoms with van der Waals surface area (Å²) in [5, 5.41) is 5.18. The molecule has 0 radical (unpaired) electrons. The number of hydrogen-bond acceptors (Lipinski definition) is 2. The van der Waals surface area contributed by atoms with Gasteiger partial charge in [-0.15, -0.1) is 0 Å². The van der Waals surface area contributed by atoms with E-state index in [0.29, 0.717) is 13.1 Å². The molecule has 0 saturated carbocycles. The quantitative estimate of drug-likeness (QED) is 0.480. The van der Waals surface area contributed by atoms with Gasteiger partial charge < -0.3 is 10.6 Å². The molecule has 4 nitrogen and oxygen atoms in total. The fourth-order valence-corrected chi connectivity index (χ4v) is 1.51. The van der Waals surface area contributed by atoms with Crippen LogP contribution in [0.25, 0.3) is 0 Å². The molecule has 0 aliphatic carbocycles. The Morgan fingerprint density at radius 1 is 0.706 bits per heavy atom. The van der Waals surface area contributed by atoms with E-state index in [9.17, 15) is 9.59 Å². The summed E-state index contributed by atoms with van der Waals surface area (Å²) in [5.74, 6) is -1.02. The lowest BCUT2D eigenvalue weighted by Gasteiger charge is -2.05. The minimum Gasteiger partial charge on any atom is -0.348 e. The average Bonchev–Trinajstić information content (AvgIpc) is 2.34. The molecule has 4 heteroatoms. The largest absolute Gasteiger partial charge is 0.348 e. The van der Waals surface area contributed by atoms with Gasteiger partial charge in [-0.3, -0.25) is 9.59 Å². The van der Waals surface area contributed by atoms with E-state index < -0.39 is 11.8 Å². The van der Waals surface area contributed by atoms with E-state index in [-0.39, 0.29) is 0 Å². The van der Waals surface area contributed by atoms with Crippen molar-refractivity contribution in [3.8, 4) is 0 Å². The molecular formula is C13H26N2O2. The van der Waals surface area contributed by atoms with Crippen molar-refractivity contribution < 1.29 is 9.59 Å². The molecule has 0 heterocycles. The molecule has 0 aliphatic rings. The first kappa shape index (κ1) is 15.9. The van der Waals surface area contributed by atoms with E-state index in [4.69, 9.17) is 0 Å². The summed E-state index contributed by atoms with van der Waals surface area (Å²) < 4.78 is 0. The molecule has 0 unspecified atom stereocenters.